The summed E-state index contributed by atoms with van der Waals surface area (Å²) in [6.07, 6.45) is 1.17. The van der Waals surface area contributed by atoms with Gasteiger partial charge in [0.2, 0.25) is 5.91 Å². The normalized spacial score (nSPS) is 10.5. The molecule has 0 aliphatic rings. The Morgan fingerprint density at radius 1 is 1.12 bits per heavy atom. The quantitative estimate of drug-likeness (QED) is 0.687. The number of methoxy groups -OCH3 is 1. The van der Waals surface area contributed by atoms with Crippen LogP contribution in [0.25, 0.3) is 10.6 Å². The predicted octanol–water partition coefficient (Wildman–Crippen LogP) is 4.03. The van der Waals surface area contributed by atoms with Crippen LogP contribution in [0, 0.1) is 6.92 Å². The lowest BCUT2D eigenvalue weighted by atomic mass is 10.1. The Morgan fingerprint density at radius 3 is 2.54 bits per heavy atom. The van der Waals surface area contributed by atoms with Gasteiger partial charge in [0.05, 0.1) is 19.2 Å². The first-order chi connectivity index (χ1) is 12.7. The van der Waals surface area contributed by atoms with Crippen molar-refractivity contribution in [3.05, 3.63) is 70.7 Å². The van der Waals surface area contributed by atoms with Crippen LogP contribution in [0.3, 0.4) is 0 Å². The number of nitrogens with zero attached hydrogens (tertiary/aromatic N) is 1. The largest absolute Gasteiger partial charge is 0.497 e. The Labute approximate surface area is 157 Å². The molecule has 4 nitrogen and oxygen atoms in total. The Balaban J connectivity index is 1.52. The summed E-state index contributed by atoms with van der Waals surface area (Å²) in [6.45, 7) is 2.58. The van der Waals surface area contributed by atoms with Gasteiger partial charge in [-0.25, -0.2) is 4.98 Å². The lowest BCUT2D eigenvalue weighted by Crippen LogP contribution is -2.27. The molecule has 0 radical (unpaired) electrons. The summed E-state index contributed by atoms with van der Waals surface area (Å²) in [7, 11) is 1.65. The van der Waals surface area contributed by atoms with Gasteiger partial charge in [0.25, 0.3) is 0 Å². The standard InChI is InChI=1S/C21H22N2O2S/c1-15-19(26-21(23-15)17-6-4-3-5-7-17)14-20(24)22-13-12-16-8-10-18(25-2)11-9-16/h3-11H,12-14H2,1-2H3,(H,22,24). The molecule has 0 saturated heterocycles. The molecule has 0 saturated carbocycles. The maximum Gasteiger partial charge on any atom is 0.225 e. The molecule has 3 aromatic rings. The number of rotatable bonds is 7. The molecule has 1 heterocycles. The highest BCUT2D eigenvalue weighted by atomic mass is 32.1. The van der Waals surface area contributed by atoms with Crippen LogP contribution < -0.4 is 10.1 Å². The van der Waals surface area contributed by atoms with Gasteiger partial charge in [-0.1, -0.05) is 42.5 Å². The van der Waals surface area contributed by atoms with E-state index >= 15 is 0 Å². The minimum absolute atomic E-state index is 0.0323. The van der Waals surface area contributed by atoms with E-state index < -0.39 is 0 Å². The average Bonchev–Trinajstić information content (AvgIpc) is 3.03. The van der Waals surface area contributed by atoms with Crippen molar-refractivity contribution in [1.29, 1.82) is 0 Å². The van der Waals surface area contributed by atoms with Crippen LogP contribution in [0.5, 0.6) is 5.75 Å². The van der Waals surface area contributed by atoms with Crippen molar-refractivity contribution in [1.82, 2.24) is 10.3 Å². The number of carbonyl (C=O) groups excluding carboxylic acids is 1. The molecule has 0 fully saturated rings. The smallest absolute Gasteiger partial charge is 0.225 e. The molecule has 0 atom stereocenters. The van der Waals surface area contributed by atoms with Gasteiger partial charge in [0.15, 0.2) is 0 Å². The lowest BCUT2D eigenvalue weighted by molar-refractivity contribution is -0.120. The molecule has 0 aliphatic heterocycles. The summed E-state index contributed by atoms with van der Waals surface area (Å²) in [4.78, 5) is 17.9. The summed E-state index contributed by atoms with van der Waals surface area (Å²) < 4.78 is 5.15. The molecule has 1 N–H and O–H groups in total. The van der Waals surface area contributed by atoms with E-state index in [1.165, 1.54) is 5.56 Å². The molecule has 0 unspecified atom stereocenters. The molecule has 0 spiro atoms. The van der Waals surface area contributed by atoms with Crippen molar-refractivity contribution in [2.45, 2.75) is 19.8 Å². The van der Waals surface area contributed by atoms with E-state index in [4.69, 9.17) is 4.74 Å². The molecular formula is C21H22N2O2S. The molecule has 1 aromatic heterocycles. The summed E-state index contributed by atoms with van der Waals surface area (Å²) in [5.41, 5.74) is 3.19. The van der Waals surface area contributed by atoms with Crippen molar-refractivity contribution >= 4 is 17.2 Å². The average molecular weight is 366 g/mol. The second kappa shape index (κ2) is 8.63. The van der Waals surface area contributed by atoms with Crippen molar-refractivity contribution in [2.24, 2.45) is 0 Å². The fourth-order valence-electron chi connectivity index (χ4n) is 2.64. The number of nitrogens with one attached hydrogen (secondary N) is 1. The Morgan fingerprint density at radius 2 is 1.85 bits per heavy atom. The predicted molar refractivity (Wildman–Crippen MR) is 106 cm³/mol. The Bertz CT molecular complexity index is 857. The zero-order valence-corrected chi connectivity index (χ0v) is 15.8. The second-order valence-electron chi connectivity index (χ2n) is 6.02. The van der Waals surface area contributed by atoms with Gasteiger partial charge >= 0.3 is 0 Å². The fraction of sp³-hybridized carbons (Fsp3) is 0.238. The maximum atomic E-state index is 12.2. The van der Waals surface area contributed by atoms with Gasteiger partial charge in [-0.2, -0.15) is 0 Å². The summed E-state index contributed by atoms with van der Waals surface area (Å²) in [5.74, 6) is 0.873. The first-order valence-electron chi connectivity index (χ1n) is 8.57. The minimum atomic E-state index is 0.0323. The highest BCUT2D eigenvalue weighted by molar-refractivity contribution is 7.15. The van der Waals surface area contributed by atoms with Gasteiger partial charge in [-0.3, -0.25) is 4.79 Å². The number of aromatic nitrogens is 1. The molecule has 26 heavy (non-hydrogen) atoms. The van der Waals surface area contributed by atoms with Crippen molar-refractivity contribution < 1.29 is 9.53 Å². The number of amides is 1. The van der Waals surface area contributed by atoms with Crippen LogP contribution in [0.15, 0.2) is 54.6 Å². The monoisotopic (exact) mass is 366 g/mol. The lowest BCUT2D eigenvalue weighted by Gasteiger charge is -2.06. The van der Waals surface area contributed by atoms with E-state index in [0.717, 1.165) is 33.3 Å². The summed E-state index contributed by atoms with van der Waals surface area (Å²) in [5, 5.41) is 3.96. The highest BCUT2D eigenvalue weighted by Gasteiger charge is 2.12. The third-order valence-corrected chi connectivity index (χ3v) is 5.34. The minimum Gasteiger partial charge on any atom is -0.497 e. The maximum absolute atomic E-state index is 12.2. The summed E-state index contributed by atoms with van der Waals surface area (Å²) >= 11 is 1.59. The number of thiazole rings is 1. The van der Waals surface area contributed by atoms with E-state index in [1.807, 2.05) is 61.5 Å². The molecule has 0 aliphatic carbocycles. The van der Waals surface area contributed by atoms with Crippen LogP contribution in [0.4, 0.5) is 0 Å². The number of aryl methyl sites for hydroxylation is 1. The first kappa shape index (κ1) is 18.1. The van der Waals surface area contributed by atoms with Gasteiger partial charge in [0, 0.05) is 17.0 Å². The zero-order chi connectivity index (χ0) is 18.4. The van der Waals surface area contributed by atoms with Crippen molar-refractivity contribution in [3.63, 3.8) is 0 Å². The second-order valence-corrected chi connectivity index (χ2v) is 7.10. The third kappa shape index (κ3) is 4.70. The third-order valence-electron chi connectivity index (χ3n) is 4.13. The number of benzene rings is 2. The zero-order valence-electron chi connectivity index (χ0n) is 15.0. The fourth-order valence-corrected chi connectivity index (χ4v) is 3.71. The molecule has 2 aromatic carbocycles. The SMILES string of the molecule is COc1ccc(CCNC(=O)Cc2sc(-c3ccccc3)nc2C)cc1. The van der Waals surface area contributed by atoms with E-state index in [0.29, 0.717) is 13.0 Å². The number of carbonyl (C=O) groups is 1. The van der Waals surface area contributed by atoms with Crippen LogP contribution in [0.2, 0.25) is 0 Å². The number of ether oxygens (including phenoxy) is 1. The molecule has 3 rings (SSSR count). The van der Waals surface area contributed by atoms with E-state index in [9.17, 15) is 4.79 Å². The summed E-state index contributed by atoms with van der Waals surface area (Å²) in [6, 6.07) is 18.0. The van der Waals surface area contributed by atoms with Gasteiger partial charge in [-0.05, 0) is 31.0 Å². The van der Waals surface area contributed by atoms with Crippen molar-refractivity contribution in [3.8, 4) is 16.3 Å². The Kier molecular flexibility index (Phi) is 6.02. The topological polar surface area (TPSA) is 51.2 Å². The van der Waals surface area contributed by atoms with Crippen LogP contribution in [-0.4, -0.2) is 24.5 Å². The molecule has 1 amide bonds. The van der Waals surface area contributed by atoms with Gasteiger partial charge in [-0.15, -0.1) is 11.3 Å². The van der Waals surface area contributed by atoms with E-state index in [2.05, 4.69) is 10.3 Å². The van der Waals surface area contributed by atoms with E-state index in [-0.39, 0.29) is 5.91 Å². The van der Waals surface area contributed by atoms with Crippen LogP contribution in [0.1, 0.15) is 16.1 Å². The van der Waals surface area contributed by atoms with Crippen LogP contribution >= 0.6 is 11.3 Å². The number of hydrogen-bond donors (Lipinski definition) is 1. The van der Waals surface area contributed by atoms with Gasteiger partial charge < -0.3 is 10.1 Å². The Hall–Kier alpha value is -2.66. The van der Waals surface area contributed by atoms with Crippen LogP contribution in [-0.2, 0) is 17.6 Å². The molecule has 5 heteroatoms. The first-order valence-corrected chi connectivity index (χ1v) is 9.38. The van der Waals surface area contributed by atoms with E-state index in [1.54, 1.807) is 18.4 Å². The number of hydrogen-bond acceptors (Lipinski definition) is 4. The molecular weight excluding hydrogens is 344 g/mol. The van der Waals surface area contributed by atoms with Crippen molar-refractivity contribution in [2.75, 3.05) is 13.7 Å². The highest BCUT2D eigenvalue weighted by Crippen LogP contribution is 2.27. The van der Waals surface area contributed by atoms with Gasteiger partial charge in [0.1, 0.15) is 10.8 Å². The molecule has 0 bridgehead atoms. The molecule has 134 valence electrons.